The molecule has 124 valence electrons. The average molecular weight is 344 g/mol. The van der Waals surface area contributed by atoms with Crippen LogP contribution in [0.3, 0.4) is 0 Å². The van der Waals surface area contributed by atoms with E-state index in [-0.39, 0.29) is 11.7 Å². The fourth-order valence-electron chi connectivity index (χ4n) is 1.90. The smallest absolute Gasteiger partial charge is 0.416 e. The van der Waals surface area contributed by atoms with Crippen LogP contribution in [0.5, 0.6) is 5.75 Å². The first-order valence-corrected chi connectivity index (χ1v) is 7.62. The molecular formula is C15H15F3N2O2S. The molecule has 1 aromatic carbocycles. The zero-order valence-corrected chi connectivity index (χ0v) is 13.3. The van der Waals surface area contributed by atoms with Crippen LogP contribution < -0.4 is 4.74 Å². The first kappa shape index (κ1) is 17.3. The molecule has 0 radical (unpaired) electrons. The Kier molecular flexibility index (Phi) is 5.25. The quantitative estimate of drug-likeness (QED) is 0.832. The van der Waals surface area contributed by atoms with E-state index in [0.29, 0.717) is 6.54 Å². The molecule has 0 aliphatic heterocycles. The van der Waals surface area contributed by atoms with Gasteiger partial charge in [0.25, 0.3) is 5.91 Å². The van der Waals surface area contributed by atoms with Crippen molar-refractivity contribution in [2.75, 3.05) is 7.05 Å². The highest BCUT2D eigenvalue weighted by molar-refractivity contribution is 7.09. The van der Waals surface area contributed by atoms with Crippen molar-refractivity contribution in [3.8, 4) is 5.75 Å². The van der Waals surface area contributed by atoms with Crippen molar-refractivity contribution in [2.45, 2.75) is 25.7 Å². The van der Waals surface area contributed by atoms with Crippen LogP contribution in [-0.4, -0.2) is 28.9 Å². The van der Waals surface area contributed by atoms with Gasteiger partial charge < -0.3 is 9.64 Å². The summed E-state index contributed by atoms with van der Waals surface area (Å²) in [6.07, 6.45) is -3.55. The summed E-state index contributed by atoms with van der Waals surface area (Å²) in [7, 11) is 1.62. The second-order valence-electron chi connectivity index (χ2n) is 4.90. The first-order valence-electron chi connectivity index (χ1n) is 6.74. The van der Waals surface area contributed by atoms with E-state index in [4.69, 9.17) is 4.74 Å². The summed E-state index contributed by atoms with van der Waals surface area (Å²) in [5, 5.41) is 2.61. The molecule has 2 rings (SSSR count). The SMILES string of the molecule is C[C@@H](Oc1ccc(C(F)(F)F)cc1)C(=O)N(C)Cc1nccs1. The number of carbonyl (C=O) groups excluding carboxylic acids is 1. The third-order valence-corrected chi connectivity index (χ3v) is 3.84. The van der Waals surface area contributed by atoms with Crippen LogP contribution in [0.25, 0.3) is 0 Å². The van der Waals surface area contributed by atoms with Crippen LogP contribution in [0.2, 0.25) is 0 Å². The van der Waals surface area contributed by atoms with Gasteiger partial charge in [0.05, 0.1) is 12.1 Å². The Morgan fingerprint density at radius 2 is 2.00 bits per heavy atom. The van der Waals surface area contributed by atoms with Crippen molar-refractivity contribution in [1.29, 1.82) is 0 Å². The Morgan fingerprint density at radius 1 is 1.35 bits per heavy atom. The highest BCUT2D eigenvalue weighted by Crippen LogP contribution is 2.30. The number of alkyl halides is 3. The van der Waals surface area contributed by atoms with Crippen LogP contribution in [0.15, 0.2) is 35.8 Å². The molecule has 0 aliphatic carbocycles. The number of aromatic nitrogens is 1. The molecule has 1 heterocycles. The lowest BCUT2D eigenvalue weighted by atomic mass is 10.2. The van der Waals surface area contributed by atoms with E-state index < -0.39 is 17.8 Å². The third kappa shape index (κ3) is 4.69. The minimum atomic E-state index is -4.39. The zero-order chi connectivity index (χ0) is 17.0. The van der Waals surface area contributed by atoms with Gasteiger partial charge in [0.15, 0.2) is 6.10 Å². The second-order valence-corrected chi connectivity index (χ2v) is 5.88. The van der Waals surface area contributed by atoms with Gasteiger partial charge in [0.2, 0.25) is 0 Å². The van der Waals surface area contributed by atoms with E-state index in [1.54, 1.807) is 20.2 Å². The van der Waals surface area contributed by atoms with Gasteiger partial charge in [-0.2, -0.15) is 13.2 Å². The fraction of sp³-hybridized carbons (Fsp3) is 0.333. The number of halogens is 3. The predicted molar refractivity (Wildman–Crippen MR) is 80.1 cm³/mol. The van der Waals surface area contributed by atoms with E-state index in [2.05, 4.69) is 4.98 Å². The number of benzene rings is 1. The number of likely N-dealkylation sites (N-methyl/N-ethyl adjacent to an activating group) is 1. The van der Waals surface area contributed by atoms with E-state index >= 15 is 0 Å². The zero-order valence-electron chi connectivity index (χ0n) is 12.5. The number of hydrogen-bond donors (Lipinski definition) is 0. The van der Waals surface area contributed by atoms with Crippen LogP contribution in [0.4, 0.5) is 13.2 Å². The Morgan fingerprint density at radius 3 is 2.52 bits per heavy atom. The number of rotatable bonds is 5. The number of hydrogen-bond acceptors (Lipinski definition) is 4. The summed E-state index contributed by atoms with van der Waals surface area (Å²) < 4.78 is 42.9. The third-order valence-electron chi connectivity index (χ3n) is 3.07. The molecule has 0 saturated carbocycles. The van der Waals surface area contributed by atoms with Gasteiger partial charge in [-0.1, -0.05) is 0 Å². The Labute approximate surface area is 135 Å². The van der Waals surface area contributed by atoms with Gasteiger partial charge in [0.1, 0.15) is 10.8 Å². The van der Waals surface area contributed by atoms with Crippen molar-refractivity contribution in [2.24, 2.45) is 0 Å². The molecule has 0 saturated heterocycles. The average Bonchev–Trinajstić information content (AvgIpc) is 2.98. The molecule has 8 heteroatoms. The molecule has 1 atom stereocenters. The summed E-state index contributed by atoms with van der Waals surface area (Å²) in [4.78, 5) is 17.8. The van der Waals surface area contributed by atoms with E-state index in [9.17, 15) is 18.0 Å². The second kappa shape index (κ2) is 6.99. The van der Waals surface area contributed by atoms with E-state index in [1.165, 1.54) is 28.4 Å². The van der Waals surface area contributed by atoms with Gasteiger partial charge in [-0.3, -0.25) is 4.79 Å². The Hall–Kier alpha value is -2.09. The van der Waals surface area contributed by atoms with Gasteiger partial charge in [-0.15, -0.1) is 11.3 Å². The van der Waals surface area contributed by atoms with Gasteiger partial charge in [-0.05, 0) is 31.2 Å². The van der Waals surface area contributed by atoms with Crippen molar-refractivity contribution in [3.05, 3.63) is 46.4 Å². The van der Waals surface area contributed by atoms with Crippen LogP contribution in [-0.2, 0) is 17.5 Å². The maximum Gasteiger partial charge on any atom is 0.416 e. The van der Waals surface area contributed by atoms with Crippen molar-refractivity contribution >= 4 is 17.2 Å². The minimum absolute atomic E-state index is 0.210. The molecule has 0 unspecified atom stereocenters. The molecule has 1 aromatic heterocycles. The molecule has 4 nitrogen and oxygen atoms in total. The summed E-state index contributed by atoms with van der Waals surface area (Å²) in [6, 6.07) is 4.25. The largest absolute Gasteiger partial charge is 0.481 e. The van der Waals surface area contributed by atoms with Crippen LogP contribution >= 0.6 is 11.3 Å². The van der Waals surface area contributed by atoms with Gasteiger partial charge >= 0.3 is 6.18 Å². The number of amides is 1. The minimum Gasteiger partial charge on any atom is -0.481 e. The summed E-state index contributed by atoms with van der Waals surface area (Å²) >= 11 is 1.44. The molecule has 0 fully saturated rings. The molecule has 0 bridgehead atoms. The molecule has 23 heavy (non-hydrogen) atoms. The predicted octanol–water partition coefficient (Wildman–Crippen LogP) is 3.59. The van der Waals surface area contributed by atoms with Crippen molar-refractivity contribution in [1.82, 2.24) is 9.88 Å². The Balaban J connectivity index is 1.95. The van der Waals surface area contributed by atoms with Crippen molar-refractivity contribution < 1.29 is 22.7 Å². The summed E-state index contributed by atoms with van der Waals surface area (Å²) in [5.74, 6) is -0.0680. The van der Waals surface area contributed by atoms with Gasteiger partial charge in [-0.25, -0.2) is 4.98 Å². The molecule has 0 N–H and O–H groups in total. The lowest BCUT2D eigenvalue weighted by Crippen LogP contribution is -2.37. The maximum absolute atomic E-state index is 12.5. The highest BCUT2D eigenvalue weighted by Gasteiger charge is 2.30. The van der Waals surface area contributed by atoms with Gasteiger partial charge in [0, 0.05) is 18.6 Å². The number of thiazole rings is 1. The molecule has 1 amide bonds. The monoisotopic (exact) mass is 344 g/mol. The molecular weight excluding hydrogens is 329 g/mol. The summed E-state index contributed by atoms with van der Waals surface area (Å²) in [6.45, 7) is 1.91. The lowest BCUT2D eigenvalue weighted by Gasteiger charge is -2.21. The molecule has 0 aliphatic rings. The van der Waals surface area contributed by atoms with Crippen LogP contribution in [0.1, 0.15) is 17.5 Å². The molecule has 2 aromatic rings. The number of ether oxygens (including phenoxy) is 1. The normalized spacial score (nSPS) is 12.7. The summed E-state index contributed by atoms with van der Waals surface area (Å²) in [5.41, 5.74) is -0.760. The highest BCUT2D eigenvalue weighted by atomic mass is 32.1. The number of nitrogens with zero attached hydrogens (tertiary/aromatic N) is 2. The lowest BCUT2D eigenvalue weighted by molar-refractivity contribution is -0.138. The van der Waals surface area contributed by atoms with E-state index in [0.717, 1.165) is 17.1 Å². The van der Waals surface area contributed by atoms with Crippen molar-refractivity contribution in [3.63, 3.8) is 0 Å². The standard InChI is InChI=1S/C15H15F3N2O2S/c1-10(14(21)20(2)9-13-19-7-8-23-13)22-12-5-3-11(4-6-12)15(16,17)18/h3-8,10H,9H2,1-2H3/t10-/m1/s1. The van der Waals surface area contributed by atoms with E-state index in [1.807, 2.05) is 5.38 Å². The first-order chi connectivity index (χ1) is 10.8. The maximum atomic E-state index is 12.5. The molecule has 0 spiro atoms. The van der Waals surface area contributed by atoms with Crippen LogP contribution in [0, 0.1) is 0 Å². The fourth-order valence-corrected chi connectivity index (χ4v) is 2.57. The number of carbonyl (C=O) groups is 1. The topological polar surface area (TPSA) is 42.4 Å². The Bertz CT molecular complexity index is 642.